The van der Waals surface area contributed by atoms with Crippen LogP contribution in [0.2, 0.25) is 0 Å². The summed E-state index contributed by atoms with van der Waals surface area (Å²) in [5.74, 6) is 0.594. The van der Waals surface area contributed by atoms with Gasteiger partial charge in [-0.1, -0.05) is 42.5 Å². The van der Waals surface area contributed by atoms with E-state index in [4.69, 9.17) is 9.47 Å². The molecule has 0 aliphatic carbocycles. The van der Waals surface area contributed by atoms with Gasteiger partial charge in [0.2, 0.25) is 18.2 Å². The van der Waals surface area contributed by atoms with E-state index in [0.29, 0.717) is 17.1 Å². The van der Waals surface area contributed by atoms with Crippen LogP contribution in [-0.4, -0.2) is 23.3 Å². The number of rotatable bonds is 2. The van der Waals surface area contributed by atoms with Crippen LogP contribution in [-0.2, 0) is 0 Å². The van der Waals surface area contributed by atoms with Crippen LogP contribution in [0.5, 0.6) is 11.5 Å². The molecular weight excluding hydrogens is 244 g/mol. The fourth-order valence-corrected chi connectivity index (χ4v) is 1.98. The van der Waals surface area contributed by atoms with Crippen LogP contribution in [0.15, 0.2) is 54.6 Å². The average Bonchev–Trinajstić information content (AvgIpc) is 2.47. The molecule has 19 heavy (non-hydrogen) atoms. The molecule has 1 N–H and O–H groups in total. The van der Waals surface area contributed by atoms with Crippen molar-refractivity contribution in [1.29, 1.82) is 0 Å². The van der Waals surface area contributed by atoms with Crippen LogP contribution in [0.4, 0.5) is 0 Å². The van der Waals surface area contributed by atoms with Crippen LogP contribution in [0, 0.1) is 0 Å². The molecule has 1 aliphatic heterocycles. The maximum atomic E-state index is 12.3. The number of aliphatic hydroxyl groups excluding tert-OH is 1. The van der Waals surface area contributed by atoms with Gasteiger partial charge in [-0.25, -0.2) is 0 Å². The molecule has 3 rings (SSSR count). The predicted octanol–water partition coefficient (Wildman–Crippen LogP) is 2.03. The molecule has 0 saturated heterocycles. The molecular formula is C15H12O4. The molecule has 0 spiro atoms. The summed E-state index contributed by atoms with van der Waals surface area (Å²) in [5, 5.41) is 9.88. The van der Waals surface area contributed by atoms with Crippen LogP contribution < -0.4 is 9.47 Å². The Kier molecular flexibility index (Phi) is 2.93. The highest BCUT2D eigenvalue weighted by Gasteiger charge is 2.36. The fraction of sp³-hybridized carbons (Fsp3) is 0.133. The Hall–Kier alpha value is -2.33. The lowest BCUT2D eigenvalue weighted by atomic mass is 10.1. The molecule has 1 aliphatic rings. The minimum Gasteiger partial charge on any atom is -0.472 e. The molecule has 0 amide bonds. The molecule has 0 aromatic heterocycles. The third-order valence-corrected chi connectivity index (χ3v) is 2.93. The zero-order valence-electron chi connectivity index (χ0n) is 10.0. The van der Waals surface area contributed by atoms with Crippen molar-refractivity contribution in [3.8, 4) is 11.5 Å². The zero-order valence-corrected chi connectivity index (χ0v) is 10.0. The summed E-state index contributed by atoms with van der Waals surface area (Å²) in [5.41, 5.74) is 0.481. The van der Waals surface area contributed by atoms with Gasteiger partial charge in [0.25, 0.3) is 0 Å². The second kappa shape index (κ2) is 4.74. The van der Waals surface area contributed by atoms with E-state index in [2.05, 4.69) is 0 Å². The molecule has 1 heterocycles. The number of benzene rings is 2. The Labute approximate surface area is 110 Å². The van der Waals surface area contributed by atoms with E-state index >= 15 is 0 Å². The van der Waals surface area contributed by atoms with Gasteiger partial charge in [-0.3, -0.25) is 4.79 Å². The summed E-state index contributed by atoms with van der Waals surface area (Å²) in [6.07, 6.45) is -2.35. The maximum Gasteiger partial charge on any atom is 0.242 e. The lowest BCUT2D eigenvalue weighted by Crippen LogP contribution is -2.45. The highest BCUT2D eigenvalue weighted by Crippen LogP contribution is 2.33. The van der Waals surface area contributed by atoms with E-state index in [1.807, 2.05) is 6.07 Å². The summed E-state index contributed by atoms with van der Waals surface area (Å²) in [4.78, 5) is 12.3. The van der Waals surface area contributed by atoms with Gasteiger partial charge in [-0.05, 0) is 12.1 Å². The topological polar surface area (TPSA) is 55.8 Å². The number of Topliss-reactive ketones (excluding diaryl/α,β-unsaturated/α-hetero) is 1. The smallest absolute Gasteiger partial charge is 0.242 e. The van der Waals surface area contributed by atoms with Crippen LogP contribution >= 0.6 is 0 Å². The van der Waals surface area contributed by atoms with E-state index in [1.54, 1.807) is 48.5 Å². The van der Waals surface area contributed by atoms with Crippen molar-refractivity contribution in [3.63, 3.8) is 0 Å². The van der Waals surface area contributed by atoms with Crippen molar-refractivity contribution in [2.45, 2.75) is 12.4 Å². The lowest BCUT2D eigenvalue weighted by molar-refractivity contribution is -0.0977. The van der Waals surface area contributed by atoms with E-state index in [1.165, 1.54) is 0 Å². The summed E-state index contributed by atoms with van der Waals surface area (Å²) in [6.45, 7) is 0. The SMILES string of the molecule is O=C(c1ccccc1)C1Oc2ccccc2OC1O. The first kappa shape index (κ1) is 11.7. The minimum atomic E-state index is -1.30. The number of aliphatic hydroxyl groups is 1. The van der Waals surface area contributed by atoms with Crippen molar-refractivity contribution < 1.29 is 19.4 Å². The summed E-state index contributed by atoms with van der Waals surface area (Å²) < 4.78 is 10.8. The van der Waals surface area contributed by atoms with Gasteiger partial charge >= 0.3 is 0 Å². The van der Waals surface area contributed by atoms with Crippen molar-refractivity contribution in [2.75, 3.05) is 0 Å². The van der Waals surface area contributed by atoms with Gasteiger partial charge in [0.15, 0.2) is 11.5 Å². The maximum absolute atomic E-state index is 12.3. The molecule has 2 atom stereocenters. The Morgan fingerprint density at radius 1 is 0.895 bits per heavy atom. The van der Waals surface area contributed by atoms with Crippen LogP contribution in [0.3, 0.4) is 0 Å². The number of hydrogen-bond acceptors (Lipinski definition) is 4. The lowest BCUT2D eigenvalue weighted by Gasteiger charge is -2.29. The first-order valence-corrected chi connectivity index (χ1v) is 5.95. The molecule has 4 heteroatoms. The monoisotopic (exact) mass is 256 g/mol. The number of hydrogen-bond donors (Lipinski definition) is 1. The number of carbonyl (C=O) groups is 1. The third kappa shape index (κ3) is 2.18. The standard InChI is InChI=1S/C15H12O4/c16-13(10-6-2-1-3-7-10)14-15(17)19-12-9-5-4-8-11(12)18-14/h1-9,14-15,17H. The van der Waals surface area contributed by atoms with Gasteiger partial charge in [0.05, 0.1) is 0 Å². The van der Waals surface area contributed by atoms with Crippen LogP contribution in [0.1, 0.15) is 10.4 Å². The first-order valence-electron chi connectivity index (χ1n) is 5.95. The molecule has 0 bridgehead atoms. The number of carbonyl (C=O) groups excluding carboxylic acids is 1. The largest absolute Gasteiger partial charge is 0.472 e. The second-order valence-corrected chi connectivity index (χ2v) is 4.22. The highest BCUT2D eigenvalue weighted by atomic mass is 16.7. The number of fused-ring (bicyclic) bond motifs is 1. The van der Waals surface area contributed by atoms with Gasteiger partial charge < -0.3 is 14.6 Å². The number of para-hydroxylation sites is 2. The molecule has 2 aromatic rings. The van der Waals surface area contributed by atoms with E-state index in [-0.39, 0.29) is 5.78 Å². The fourth-order valence-electron chi connectivity index (χ4n) is 1.98. The molecule has 2 aromatic carbocycles. The van der Waals surface area contributed by atoms with Crippen LogP contribution in [0.25, 0.3) is 0 Å². The number of ketones is 1. The van der Waals surface area contributed by atoms with Crippen molar-refractivity contribution in [1.82, 2.24) is 0 Å². The van der Waals surface area contributed by atoms with Gasteiger partial charge in [-0.2, -0.15) is 0 Å². The van der Waals surface area contributed by atoms with E-state index in [9.17, 15) is 9.90 Å². The van der Waals surface area contributed by atoms with Gasteiger partial charge in [-0.15, -0.1) is 0 Å². The van der Waals surface area contributed by atoms with Gasteiger partial charge in [0, 0.05) is 5.56 Å². The Morgan fingerprint density at radius 3 is 2.16 bits per heavy atom. The molecule has 4 nitrogen and oxygen atoms in total. The van der Waals surface area contributed by atoms with Gasteiger partial charge in [0.1, 0.15) is 0 Å². The summed E-state index contributed by atoms with van der Waals surface area (Å²) >= 11 is 0. The number of ether oxygens (including phenoxy) is 2. The first-order chi connectivity index (χ1) is 9.25. The van der Waals surface area contributed by atoms with Crippen molar-refractivity contribution in [2.24, 2.45) is 0 Å². The Balaban J connectivity index is 1.89. The normalized spacial score (nSPS) is 20.9. The highest BCUT2D eigenvalue weighted by molar-refractivity contribution is 6.00. The molecule has 0 fully saturated rings. The Morgan fingerprint density at radius 2 is 1.47 bits per heavy atom. The van der Waals surface area contributed by atoms with E-state index in [0.717, 1.165) is 0 Å². The second-order valence-electron chi connectivity index (χ2n) is 4.22. The molecule has 96 valence electrons. The summed E-state index contributed by atoms with van der Waals surface area (Å²) in [7, 11) is 0. The predicted molar refractivity (Wildman–Crippen MR) is 68.3 cm³/mol. The average molecular weight is 256 g/mol. The minimum absolute atomic E-state index is 0.303. The third-order valence-electron chi connectivity index (χ3n) is 2.93. The van der Waals surface area contributed by atoms with E-state index < -0.39 is 12.4 Å². The summed E-state index contributed by atoms with van der Waals surface area (Å²) in [6, 6.07) is 15.6. The zero-order chi connectivity index (χ0) is 13.2. The molecule has 0 radical (unpaired) electrons. The Bertz CT molecular complexity index is 594. The van der Waals surface area contributed by atoms with Crippen molar-refractivity contribution in [3.05, 3.63) is 60.2 Å². The molecule has 0 saturated carbocycles. The quantitative estimate of drug-likeness (QED) is 0.835. The van der Waals surface area contributed by atoms with Crippen molar-refractivity contribution >= 4 is 5.78 Å². The molecule has 2 unspecified atom stereocenters.